The Morgan fingerprint density at radius 2 is 1.05 bits per heavy atom. The number of carbonyl (C=O) groups excluding carboxylic acids is 2. The minimum absolute atomic E-state index is 0.318. The molecule has 0 aliphatic rings. The number of carbonyl (C=O) groups is 2. The summed E-state index contributed by atoms with van der Waals surface area (Å²) < 4.78 is 10.5. The number of rotatable bonds is 5. The van der Waals surface area contributed by atoms with Crippen LogP contribution in [0.1, 0.15) is 54.4 Å². The molecule has 0 aromatic rings. The Kier molecular flexibility index (Phi) is 7.74. The summed E-state index contributed by atoms with van der Waals surface area (Å²) in [5, 5.41) is 0. The van der Waals surface area contributed by atoms with Crippen LogP contribution < -0.4 is 0 Å². The van der Waals surface area contributed by atoms with Crippen LogP contribution in [0.5, 0.6) is 0 Å². The van der Waals surface area contributed by atoms with Gasteiger partial charge in [0.1, 0.15) is 20.9 Å². The molecule has 0 aliphatic heterocycles. The molecule has 0 aromatic carbocycles. The van der Waals surface area contributed by atoms with E-state index in [1.807, 2.05) is 41.5 Å². The van der Waals surface area contributed by atoms with Crippen LogP contribution in [0.25, 0.3) is 0 Å². The predicted molar refractivity (Wildman–Crippen MR) is 86.4 cm³/mol. The van der Waals surface area contributed by atoms with E-state index < -0.39 is 20.9 Å². The number of hydrogen-bond donors (Lipinski definition) is 0. The van der Waals surface area contributed by atoms with Gasteiger partial charge in [-0.1, -0.05) is 31.9 Å². The van der Waals surface area contributed by atoms with E-state index in [0.717, 1.165) is 0 Å². The fourth-order valence-corrected chi connectivity index (χ4v) is 1.98. The maximum atomic E-state index is 11.8. The van der Waals surface area contributed by atoms with Crippen molar-refractivity contribution >= 4 is 43.8 Å². The van der Waals surface area contributed by atoms with Crippen molar-refractivity contribution in [2.75, 3.05) is 0 Å². The molecule has 0 saturated carbocycles. The first-order chi connectivity index (χ1) is 8.82. The lowest BCUT2D eigenvalue weighted by atomic mass is 10.1. The topological polar surface area (TPSA) is 52.6 Å². The zero-order valence-electron chi connectivity index (χ0n) is 13.0. The molecule has 0 N–H and O–H groups in total. The average molecular weight is 416 g/mol. The number of alkyl halides is 2. The van der Waals surface area contributed by atoms with Gasteiger partial charge in [0.05, 0.1) is 0 Å². The van der Waals surface area contributed by atoms with E-state index in [0.29, 0.717) is 12.8 Å². The van der Waals surface area contributed by atoms with Gasteiger partial charge in [-0.2, -0.15) is 0 Å². The van der Waals surface area contributed by atoms with Crippen molar-refractivity contribution in [3.63, 3.8) is 0 Å². The van der Waals surface area contributed by atoms with Gasteiger partial charge >= 0.3 is 11.9 Å². The maximum Gasteiger partial charge on any atom is 0.320 e. The van der Waals surface area contributed by atoms with Gasteiger partial charge in [0, 0.05) is 0 Å². The summed E-state index contributed by atoms with van der Waals surface area (Å²) in [4.78, 5) is 22.7. The molecule has 0 bridgehead atoms. The molecule has 6 heteroatoms. The molecular weight excluding hydrogens is 392 g/mol. The molecule has 118 valence electrons. The maximum absolute atomic E-state index is 11.8. The molecule has 0 heterocycles. The second-order valence-electron chi connectivity index (χ2n) is 6.58. The lowest BCUT2D eigenvalue weighted by Crippen LogP contribution is -2.31. The summed E-state index contributed by atoms with van der Waals surface area (Å²) in [5.74, 6) is -0.636. The van der Waals surface area contributed by atoms with E-state index in [1.165, 1.54) is 0 Å². The van der Waals surface area contributed by atoms with E-state index in [1.54, 1.807) is 0 Å². The van der Waals surface area contributed by atoms with Crippen molar-refractivity contribution in [3.8, 4) is 0 Å². The molecule has 4 nitrogen and oxygen atoms in total. The molecule has 0 saturated heterocycles. The minimum Gasteiger partial charge on any atom is -0.459 e. The van der Waals surface area contributed by atoms with Gasteiger partial charge in [-0.3, -0.25) is 9.59 Å². The molecule has 0 spiro atoms. The van der Waals surface area contributed by atoms with Gasteiger partial charge in [0.15, 0.2) is 0 Å². The summed E-state index contributed by atoms with van der Waals surface area (Å²) in [6.07, 6.45) is 0.980. The van der Waals surface area contributed by atoms with Gasteiger partial charge in [-0.05, 0) is 54.4 Å². The average Bonchev–Trinajstić information content (AvgIpc) is 2.20. The highest BCUT2D eigenvalue weighted by atomic mass is 79.9. The Bertz CT molecular complexity index is 308. The third kappa shape index (κ3) is 9.75. The van der Waals surface area contributed by atoms with Crippen LogP contribution in [-0.2, 0) is 19.1 Å². The molecule has 0 fully saturated rings. The van der Waals surface area contributed by atoms with Crippen molar-refractivity contribution < 1.29 is 19.1 Å². The predicted octanol–water partition coefficient (Wildman–Crippen LogP) is 3.98. The monoisotopic (exact) mass is 414 g/mol. The second-order valence-corrected chi connectivity index (χ2v) is 8.79. The van der Waals surface area contributed by atoms with E-state index >= 15 is 0 Å². The van der Waals surface area contributed by atoms with Crippen molar-refractivity contribution in [1.29, 1.82) is 0 Å². The van der Waals surface area contributed by atoms with Crippen LogP contribution in [0.3, 0.4) is 0 Å². The largest absolute Gasteiger partial charge is 0.459 e. The zero-order chi connectivity index (χ0) is 16.1. The molecule has 0 amide bonds. The Balaban J connectivity index is 4.21. The van der Waals surface area contributed by atoms with Gasteiger partial charge in [0.25, 0.3) is 0 Å². The number of halogens is 2. The van der Waals surface area contributed by atoms with Crippen molar-refractivity contribution in [2.45, 2.75) is 75.2 Å². The van der Waals surface area contributed by atoms with Crippen LogP contribution in [0, 0.1) is 0 Å². The first-order valence-corrected chi connectivity index (χ1v) is 8.39. The van der Waals surface area contributed by atoms with Gasteiger partial charge in [0.2, 0.25) is 0 Å². The lowest BCUT2D eigenvalue weighted by molar-refractivity contribution is -0.156. The molecule has 0 radical (unpaired) electrons. The second kappa shape index (κ2) is 7.78. The van der Waals surface area contributed by atoms with Gasteiger partial charge < -0.3 is 9.47 Å². The number of ether oxygens (including phenoxy) is 2. The lowest BCUT2D eigenvalue weighted by Gasteiger charge is -2.23. The summed E-state index contributed by atoms with van der Waals surface area (Å²) >= 11 is 6.57. The smallest absolute Gasteiger partial charge is 0.320 e. The van der Waals surface area contributed by atoms with Crippen LogP contribution in [0.15, 0.2) is 0 Å². The van der Waals surface area contributed by atoms with Crippen molar-refractivity contribution in [3.05, 3.63) is 0 Å². The fourth-order valence-electron chi connectivity index (χ4n) is 1.26. The van der Waals surface area contributed by atoms with E-state index in [-0.39, 0.29) is 11.9 Å². The molecule has 2 atom stereocenters. The molecule has 2 unspecified atom stereocenters. The third-order valence-corrected chi connectivity index (χ3v) is 3.66. The Morgan fingerprint density at radius 1 is 0.800 bits per heavy atom. The Morgan fingerprint density at radius 3 is 1.25 bits per heavy atom. The molecule has 0 rings (SSSR count). The van der Waals surface area contributed by atoms with Crippen LogP contribution >= 0.6 is 31.9 Å². The van der Waals surface area contributed by atoms with Crippen molar-refractivity contribution in [2.24, 2.45) is 0 Å². The summed E-state index contributed by atoms with van der Waals surface area (Å²) in [6, 6.07) is 0. The van der Waals surface area contributed by atoms with Gasteiger partial charge in [-0.15, -0.1) is 0 Å². The molecule has 0 aliphatic carbocycles. The third-order valence-electron chi connectivity index (χ3n) is 2.00. The van der Waals surface area contributed by atoms with E-state index in [9.17, 15) is 9.59 Å². The highest BCUT2D eigenvalue weighted by Gasteiger charge is 2.27. The standard InChI is InChI=1S/C14H24Br2O4/c1-13(2,3)19-11(17)9(15)7-8-10(16)12(18)20-14(4,5)6/h9-10H,7-8H2,1-6H3. The Hall–Kier alpha value is -0.100. The molecular formula is C14H24Br2O4. The Labute approximate surface area is 138 Å². The highest BCUT2D eigenvalue weighted by Crippen LogP contribution is 2.21. The van der Waals surface area contributed by atoms with Crippen molar-refractivity contribution in [1.82, 2.24) is 0 Å². The van der Waals surface area contributed by atoms with Crippen LogP contribution in [0.4, 0.5) is 0 Å². The summed E-state index contributed by atoms with van der Waals surface area (Å²) in [6.45, 7) is 10.9. The summed E-state index contributed by atoms with van der Waals surface area (Å²) in [5.41, 5.74) is -1.02. The van der Waals surface area contributed by atoms with Crippen LogP contribution in [-0.4, -0.2) is 32.8 Å². The van der Waals surface area contributed by atoms with E-state index in [2.05, 4.69) is 31.9 Å². The highest BCUT2D eigenvalue weighted by molar-refractivity contribution is 9.10. The van der Waals surface area contributed by atoms with Gasteiger partial charge in [-0.25, -0.2) is 0 Å². The van der Waals surface area contributed by atoms with Crippen LogP contribution in [0.2, 0.25) is 0 Å². The van der Waals surface area contributed by atoms with E-state index in [4.69, 9.17) is 9.47 Å². The normalized spacial score (nSPS) is 15.4. The number of esters is 2. The quantitative estimate of drug-likeness (QED) is 0.503. The fraction of sp³-hybridized carbons (Fsp3) is 0.857. The minimum atomic E-state index is -0.512. The number of hydrogen-bond acceptors (Lipinski definition) is 4. The zero-order valence-corrected chi connectivity index (χ0v) is 16.1. The SMILES string of the molecule is CC(C)(C)OC(=O)C(Br)CCC(Br)C(=O)OC(C)(C)C. The molecule has 0 aromatic heterocycles. The molecule has 20 heavy (non-hydrogen) atoms. The first kappa shape index (κ1) is 19.9. The first-order valence-electron chi connectivity index (χ1n) is 6.56. The summed E-state index contributed by atoms with van der Waals surface area (Å²) in [7, 11) is 0.